The molecule has 1 aliphatic heterocycles. The molecule has 1 unspecified atom stereocenters. The molecule has 1 aromatic rings. The molecule has 3 nitrogen and oxygen atoms in total. The summed E-state index contributed by atoms with van der Waals surface area (Å²) < 4.78 is 4.92. The van der Waals surface area contributed by atoms with E-state index >= 15 is 0 Å². The Labute approximate surface area is 66.5 Å². The third kappa shape index (κ3) is 1.10. The first-order valence-electron chi connectivity index (χ1n) is 3.20. The van der Waals surface area contributed by atoms with Gasteiger partial charge in [0.1, 0.15) is 0 Å². The van der Waals surface area contributed by atoms with Crippen molar-refractivity contribution in [3.05, 3.63) is 34.0 Å². The zero-order chi connectivity index (χ0) is 7.68. The van der Waals surface area contributed by atoms with E-state index in [1.165, 1.54) is 0 Å². The molecule has 1 aromatic carbocycles. The summed E-state index contributed by atoms with van der Waals surface area (Å²) in [6.45, 7) is 0. The number of benzene rings is 1. The fourth-order valence-corrected chi connectivity index (χ4v) is 1.78. The largest absolute Gasteiger partial charge is 0.263 e. The summed E-state index contributed by atoms with van der Waals surface area (Å²) >= 11 is 0. The Morgan fingerprint density at radius 2 is 2.09 bits per heavy atom. The summed E-state index contributed by atoms with van der Waals surface area (Å²) in [5, 5.41) is 10.6. The molecule has 11 heavy (non-hydrogen) atoms. The van der Waals surface area contributed by atoms with Gasteiger partial charge in [-0.05, 0) is 6.07 Å². The van der Waals surface area contributed by atoms with Gasteiger partial charge in [-0.3, -0.25) is 5.14 Å². The normalized spacial score (nSPS) is 20.6. The maximum atomic E-state index is 5.69. The van der Waals surface area contributed by atoms with Crippen molar-refractivity contribution >= 4 is 17.1 Å². The average molecular weight is 165 g/mol. The van der Waals surface area contributed by atoms with Crippen LogP contribution in [0.5, 0.6) is 0 Å². The minimum absolute atomic E-state index is 0.538. The SMILES string of the molecule is NS1=c2ccccc2=CN=N1. The molecular weight excluding hydrogens is 158 g/mol. The van der Waals surface area contributed by atoms with Gasteiger partial charge in [0.15, 0.2) is 0 Å². The van der Waals surface area contributed by atoms with Crippen molar-refractivity contribution in [1.29, 1.82) is 0 Å². The van der Waals surface area contributed by atoms with Gasteiger partial charge < -0.3 is 0 Å². The first kappa shape index (κ1) is 6.69. The first-order valence-corrected chi connectivity index (χ1v) is 4.44. The highest BCUT2D eigenvalue weighted by atomic mass is 32.2. The van der Waals surface area contributed by atoms with Crippen molar-refractivity contribution in [2.45, 2.75) is 0 Å². The molecule has 0 saturated carbocycles. The number of nitrogens with zero attached hydrogens (tertiary/aromatic N) is 2. The number of hydrogen-bond acceptors (Lipinski definition) is 3. The Balaban J connectivity index is 2.97. The molecular formula is C7H7N3S. The Hall–Kier alpha value is -1.00. The van der Waals surface area contributed by atoms with Gasteiger partial charge in [0, 0.05) is 20.6 Å². The molecule has 0 amide bonds. The van der Waals surface area contributed by atoms with Crippen LogP contribution in [0.15, 0.2) is 33.9 Å². The fraction of sp³-hybridized carbons (Fsp3) is 0. The van der Waals surface area contributed by atoms with E-state index in [1.807, 2.05) is 24.3 Å². The quantitative estimate of drug-likeness (QED) is 0.577. The topological polar surface area (TPSA) is 50.7 Å². The molecule has 0 spiro atoms. The smallest absolute Gasteiger partial charge is 0.0587 e. The van der Waals surface area contributed by atoms with Crippen LogP contribution in [0.4, 0.5) is 0 Å². The molecule has 1 atom stereocenters. The average Bonchev–Trinajstić information content (AvgIpc) is 2.06. The first-order chi connectivity index (χ1) is 5.38. The third-order valence-electron chi connectivity index (χ3n) is 1.48. The molecule has 1 aliphatic rings. The predicted molar refractivity (Wildman–Crippen MR) is 46.0 cm³/mol. The Kier molecular flexibility index (Phi) is 1.56. The summed E-state index contributed by atoms with van der Waals surface area (Å²) in [6, 6.07) is 7.89. The minimum Gasteiger partial charge on any atom is -0.263 e. The van der Waals surface area contributed by atoms with Crippen LogP contribution in [0, 0.1) is 4.51 Å². The van der Waals surface area contributed by atoms with Crippen LogP contribution in [0.25, 0.3) is 6.20 Å². The van der Waals surface area contributed by atoms with Crippen LogP contribution in [0.2, 0.25) is 0 Å². The monoisotopic (exact) mass is 165 g/mol. The molecule has 56 valence electrons. The van der Waals surface area contributed by atoms with E-state index in [4.69, 9.17) is 5.14 Å². The van der Waals surface area contributed by atoms with E-state index in [9.17, 15) is 0 Å². The fourth-order valence-electron chi connectivity index (χ4n) is 0.958. The highest BCUT2D eigenvalue weighted by Crippen LogP contribution is 2.10. The second kappa shape index (κ2) is 2.56. The third-order valence-corrected chi connectivity index (χ3v) is 2.57. The lowest BCUT2D eigenvalue weighted by molar-refractivity contribution is 1.36. The molecule has 1 heterocycles. The summed E-state index contributed by atoms with van der Waals surface area (Å²) in [4.78, 5) is 0. The van der Waals surface area contributed by atoms with Gasteiger partial charge in [0.25, 0.3) is 0 Å². The maximum absolute atomic E-state index is 5.69. The van der Waals surface area contributed by atoms with Crippen molar-refractivity contribution in [1.82, 2.24) is 0 Å². The zero-order valence-corrected chi connectivity index (χ0v) is 6.58. The second-order valence-corrected chi connectivity index (χ2v) is 3.41. The standard InChI is InChI=1S/C7H7N3S/c8-11-7-4-2-1-3-6(7)5-9-10-11/h1-5H,8H2. The molecule has 0 saturated heterocycles. The van der Waals surface area contributed by atoms with E-state index in [1.54, 1.807) is 6.20 Å². The van der Waals surface area contributed by atoms with Crippen molar-refractivity contribution in [3.8, 4) is 0 Å². The molecule has 0 aliphatic carbocycles. The van der Waals surface area contributed by atoms with Gasteiger partial charge in [-0.1, -0.05) is 18.2 Å². The molecule has 0 bridgehead atoms. The molecule has 0 aromatic heterocycles. The minimum atomic E-state index is -0.538. The van der Waals surface area contributed by atoms with Crippen LogP contribution in [-0.2, 0) is 0 Å². The van der Waals surface area contributed by atoms with Gasteiger partial charge in [-0.25, -0.2) is 0 Å². The van der Waals surface area contributed by atoms with Gasteiger partial charge in [0.2, 0.25) is 0 Å². The van der Waals surface area contributed by atoms with Gasteiger partial charge >= 0.3 is 0 Å². The van der Waals surface area contributed by atoms with E-state index in [0.717, 1.165) is 9.73 Å². The Morgan fingerprint density at radius 3 is 2.91 bits per heavy atom. The lowest BCUT2D eigenvalue weighted by Gasteiger charge is -1.97. The van der Waals surface area contributed by atoms with Gasteiger partial charge in [-0.2, -0.15) is 5.11 Å². The van der Waals surface area contributed by atoms with Crippen molar-refractivity contribution in [2.75, 3.05) is 0 Å². The van der Waals surface area contributed by atoms with Crippen LogP contribution in [0.1, 0.15) is 0 Å². The van der Waals surface area contributed by atoms with Crippen molar-refractivity contribution in [2.24, 2.45) is 14.8 Å². The Morgan fingerprint density at radius 1 is 1.27 bits per heavy atom. The number of hydrogen-bond donors (Lipinski definition) is 1. The van der Waals surface area contributed by atoms with Gasteiger partial charge in [0.05, 0.1) is 6.20 Å². The van der Waals surface area contributed by atoms with E-state index in [-0.39, 0.29) is 0 Å². The van der Waals surface area contributed by atoms with Crippen LogP contribution in [-0.4, -0.2) is 0 Å². The van der Waals surface area contributed by atoms with Crippen molar-refractivity contribution in [3.63, 3.8) is 0 Å². The molecule has 2 N–H and O–H groups in total. The maximum Gasteiger partial charge on any atom is 0.0587 e. The lowest BCUT2D eigenvalue weighted by atomic mass is 10.3. The summed E-state index contributed by atoms with van der Waals surface area (Å²) in [5.74, 6) is 0. The number of rotatable bonds is 0. The van der Waals surface area contributed by atoms with Crippen LogP contribution in [0.3, 0.4) is 0 Å². The summed E-state index contributed by atoms with van der Waals surface area (Å²) in [6.07, 6.45) is 1.73. The predicted octanol–water partition coefficient (Wildman–Crippen LogP) is 1.20. The molecule has 2 rings (SSSR count). The van der Waals surface area contributed by atoms with E-state index in [0.29, 0.717) is 0 Å². The lowest BCUT2D eigenvalue weighted by Crippen LogP contribution is -2.04. The molecule has 0 fully saturated rings. The Bertz CT molecular complexity index is 422. The number of nitrogens with two attached hydrogens (primary N) is 1. The summed E-state index contributed by atoms with van der Waals surface area (Å²) in [7, 11) is -0.538. The van der Waals surface area contributed by atoms with Gasteiger partial charge in [-0.15, -0.1) is 4.52 Å². The summed E-state index contributed by atoms with van der Waals surface area (Å²) in [5.41, 5.74) is 0. The molecule has 4 heteroatoms. The van der Waals surface area contributed by atoms with Crippen molar-refractivity contribution < 1.29 is 0 Å². The number of fused-ring (bicyclic) bond motifs is 1. The highest BCUT2D eigenvalue weighted by Gasteiger charge is 1.92. The highest BCUT2D eigenvalue weighted by molar-refractivity contribution is 8.06. The van der Waals surface area contributed by atoms with Crippen LogP contribution >= 0.6 is 10.9 Å². The van der Waals surface area contributed by atoms with E-state index < -0.39 is 10.9 Å². The zero-order valence-electron chi connectivity index (χ0n) is 5.77. The van der Waals surface area contributed by atoms with E-state index in [2.05, 4.69) is 9.63 Å². The molecule has 0 radical (unpaired) electrons. The van der Waals surface area contributed by atoms with Crippen LogP contribution < -0.4 is 10.4 Å². The second-order valence-electron chi connectivity index (χ2n) is 2.18.